The van der Waals surface area contributed by atoms with E-state index in [-0.39, 0.29) is 18.0 Å². The first-order valence-corrected chi connectivity index (χ1v) is 12.0. The molecule has 0 saturated carbocycles. The number of carbonyl (C=O) groups excluding carboxylic acids is 1. The summed E-state index contributed by atoms with van der Waals surface area (Å²) in [6.45, 7) is 6.37. The molecule has 1 N–H and O–H groups in total. The van der Waals surface area contributed by atoms with E-state index in [1.807, 2.05) is 30.3 Å². The molecule has 0 aliphatic carbocycles. The van der Waals surface area contributed by atoms with Gasteiger partial charge in [-0.3, -0.25) is 14.6 Å². The van der Waals surface area contributed by atoms with E-state index < -0.39 is 0 Å². The third kappa shape index (κ3) is 6.12. The van der Waals surface area contributed by atoms with Crippen LogP contribution in [-0.4, -0.2) is 40.3 Å². The molecule has 0 aliphatic rings. The first-order valence-electron chi connectivity index (χ1n) is 12.0. The van der Waals surface area contributed by atoms with Crippen molar-refractivity contribution in [2.45, 2.75) is 33.2 Å². The molecule has 0 aliphatic heterocycles. The summed E-state index contributed by atoms with van der Waals surface area (Å²) in [5, 5.41) is 8.86. The zero-order chi connectivity index (χ0) is 24.6. The van der Waals surface area contributed by atoms with Crippen LogP contribution in [0.1, 0.15) is 30.2 Å². The number of carbonyl (C=O) groups is 1. The lowest BCUT2D eigenvalue weighted by atomic mass is 10.1. The Morgan fingerprint density at radius 3 is 2.63 bits per heavy atom. The van der Waals surface area contributed by atoms with E-state index in [0.29, 0.717) is 18.4 Å². The number of hydrogen-bond donors (Lipinski definition) is 1. The first kappa shape index (κ1) is 24.1. The van der Waals surface area contributed by atoms with Gasteiger partial charge in [-0.05, 0) is 55.7 Å². The Morgan fingerprint density at radius 2 is 1.89 bits per heavy atom. The molecule has 0 spiro atoms. The van der Waals surface area contributed by atoms with Crippen LogP contribution >= 0.6 is 0 Å². The summed E-state index contributed by atoms with van der Waals surface area (Å²) in [5.41, 5.74) is 3.89. The fourth-order valence-electron chi connectivity index (χ4n) is 4.22. The van der Waals surface area contributed by atoms with Crippen molar-refractivity contribution in [3.8, 4) is 0 Å². The van der Waals surface area contributed by atoms with E-state index >= 15 is 0 Å². The van der Waals surface area contributed by atoms with E-state index in [4.69, 9.17) is 0 Å². The van der Waals surface area contributed by atoms with Crippen LogP contribution in [0.5, 0.6) is 0 Å². The van der Waals surface area contributed by atoms with Crippen molar-refractivity contribution in [2.75, 3.05) is 24.5 Å². The fraction of sp³-hybridized carbons (Fsp3) is 0.286. The van der Waals surface area contributed by atoms with Crippen molar-refractivity contribution in [2.24, 2.45) is 0 Å². The molecule has 0 radical (unpaired) electrons. The van der Waals surface area contributed by atoms with Crippen molar-refractivity contribution in [3.63, 3.8) is 0 Å². The summed E-state index contributed by atoms with van der Waals surface area (Å²) in [4.78, 5) is 32.1. The van der Waals surface area contributed by atoms with Gasteiger partial charge in [0.15, 0.2) is 0 Å². The van der Waals surface area contributed by atoms with Crippen molar-refractivity contribution < 1.29 is 4.79 Å². The number of rotatable bonds is 10. The first-order chi connectivity index (χ1) is 17.0. The Kier molecular flexibility index (Phi) is 7.88. The minimum absolute atomic E-state index is 0.112. The number of hydrogen-bond acceptors (Lipinski definition) is 5. The Labute approximate surface area is 205 Å². The second-order valence-corrected chi connectivity index (χ2v) is 8.62. The molecule has 2 aromatic carbocycles. The van der Waals surface area contributed by atoms with Gasteiger partial charge < -0.3 is 10.2 Å². The zero-order valence-corrected chi connectivity index (χ0v) is 20.3. The Balaban J connectivity index is 1.41. The van der Waals surface area contributed by atoms with Crippen LogP contribution < -0.4 is 15.8 Å². The smallest absolute Gasteiger partial charge is 0.275 e. The van der Waals surface area contributed by atoms with Gasteiger partial charge in [-0.15, -0.1) is 0 Å². The maximum absolute atomic E-state index is 13.0. The average molecular weight is 470 g/mol. The number of nitrogens with one attached hydrogen (secondary N) is 1. The van der Waals surface area contributed by atoms with Crippen LogP contribution in [0.15, 0.2) is 77.9 Å². The van der Waals surface area contributed by atoms with E-state index in [9.17, 15) is 9.59 Å². The molecule has 7 heteroatoms. The molecule has 4 aromatic rings. The average Bonchev–Trinajstić information content (AvgIpc) is 2.87. The fourth-order valence-corrected chi connectivity index (χ4v) is 4.22. The van der Waals surface area contributed by atoms with Crippen LogP contribution in [-0.2, 0) is 17.8 Å². The van der Waals surface area contributed by atoms with Gasteiger partial charge in [0.05, 0.1) is 11.1 Å². The highest BCUT2D eigenvalue weighted by Gasteiger charge is 2.13. The molecule has 7 nitrogen and oxygen atoms in total. The second kappa shape index (κ2) is 11.4. The number of fused-ring (bicyclic) bond motifs is 1. The Bertz CT molecular complexity index is 1350. The van der Waals surface area contributed by atoms with Crippen LogP contribution in [0.3, 0.4) is 0 Å². The minimum Gasteiger partial charge on any atom is -0.372 e. The number of anilines is 1. The largest absolute Gasteiger partial charge is 0.372 e. The standard InChI is InChI=1S/C28H31N5O2/c1-3-32(23-11-6-9-21(2)17-23)16-8-15-30-27(34)20-33-28(35)25-13-5-4-12-24(25)26(31-33)18-22-10-7-14-29-19-22/h4-7,9-14,17,19H,3,8,15-16,18,20H2,1-2H3,(H,30,34). The predicted molar refractivity (Wildman–Crippen MR) is 140 cm³/mol. The van der Waals surface area contributed by atoms with Gasteiger partial charge in [-0.25, -0.2) is 4.68 Å². The molecule has 0 unspecified atom stereocenters. The summed E-state index contributed by atoms with van der Waals surface area (Å²) in [6.07, 6.45) is 4.85. The van der Waals surface area contributed by atoms with Gasteiger partial charge in [0.2, 0.25) is 5.91 Å². The minimum atomic E-state index is -0.262. The number of aryl methyl sites for hydroxylation is 1. The molecule has 4 rings (SSSR count). The quantitative estimate of drug-likeness (QED) is 0.358. The summed E-state index contributed by atoms with van der Waals surface area (Å²) in [5.74, 6) is -0.221. The van der Waals surface area contributed by atoms with Crippen molar-refractivity contribution in [1.82, 2.24) is 20.1 Å². The molecule has 0 atom stereocenters. The monoisotopic (exact) mass is 469 g/mol. The maximum Gasteiger partial charge on any atom is 0.275 e. The molecule has 2 heterocycles. The lowest BCUT2D eigenvalue weighted by Gasteiger charge is -2.23. The molecule has 0 saturated heterocycles. The van der Waals surface area contributed by atoms with Crippen LogP contribution in [0, 0.1) is 6.92 Å². The topological polar surface area (TPSA) is 80.1 Å². The maximum atomic E-state index is 13.0. The highest BCUT2D eigenvalue weighted by atomic mass is 16.2. The Morgan fingerprint density at radius 1 is 1.06 bits per heavy atom. The number of benzene rings is 2. The van der Waals surface area contributed by atoms with Crippen LogP contribution in [0.4, 0.5) is 5.69 Å². The lowest BCUT2D eigenvalue weighted by molar-refractivity contribution is -0.121. The number of aromatic nitrogens is 3. The van der Waals surface area contributed by atoms with Crippen LogP contribution in [0.2, 0.25) is 0 Å². The van der Waals surface area contributed by atoms with Crippen LogP contribution in [0.25, 0.3) is 10.8 Å². The molecule has 2 aromatic heterocycles. The van der Waals surface area contributed by atoms with E-state index in [1.54, 1.807) is 18.5 Å². The molecule has 1 amide bonds. The third-order valence-electron chi connectivity index (χ3n) is 6.01. The van der Waals surface area contributed by atoms with Gasteiger partial charge in [-0.2, -0.15) is 5.10 Å². The van der Waals surface area contributed by atoms with E-state index in [0.717, 1.165) is 36.2 Å². The number of amides is 1. The number of pyridine rings is 1. The van der Waals surface area contributed by atoms with Crippen molar-refractivity contribution >= 4 is 22.4 Å². The zero-order valence-electron chi connectivity index (χ0n) is 20.3. The summed E-state index contributed by atoms with van der Waals surface area (Å²) in [6, 6.07) is 19.7. The molecule has 0 fully saturated rings. The van der Waals surface area contributed by atoms with Gasteiger partial charge in [0.1, 0.15) is 6.54 Å². The van der Waals surface area contributed by atoms with Gasteiger partial charge >= 0.3 is 0 Å². The summed E-state index contributed by atoms with van der Waals surface area (Å²) in [7, 11) is 0. The van der Waals surface area contributed by atoms with Crippen molar-refractivity contribution in [3.05, 3.63) is 100 Å². The van der Waals surface area contributed by atoms with Crippen molar-refractivity contribution in [1.29, 1.82) is 0 Å². The second-order valence-electron chi connectivity index (χ2n) is 8.62. The normalized spacial score (nSPS) is 10.9. The Hall–Kier alpha value is -4.00. The van der Waals surface area contributed by atoms with E-state index in [2.05, 4.69) is 58.4 Å². The molecule has 180 valence electrons. The molecular formula is C28H31N5O2. The van der Waals surface area contributed by atoms with Gasteiger partial charge in [0.25, 0.3) is 5.56 Å². The molecular weight excluding hydrogens is 438 g/mol. The third-order valence-corrected chi connectivity index (χ3v) is 6.01. The SMILES string of the molecule is CCN(CCCNC(=O)Cn1nc(Cc2cccnc2)c2ccccc2c1=O)c1cccc(C)c1. The van der Waals surface area contributed by atoms with Gasteiger partial charge in [-0.1, -0.05) is 36.4 Å². The lowest BCUT2D eigenvalue weighted by Crippen LogP contribution is -2.36. The highest BCUT2D eigenvalue weighted by molar-refractivity contribution is 5.84. The molecule has 35 heavy (non-hydrogen) atoms. The predicted octanol–water partition coefficient (Wildman–Crippen LogP) is 3.72. The number of nitrogens with zero attached hydrogens (tertiary/aromatic N) is 4. The van der Waals surface area contributed by atoms with E-state index in [1.165, 1.54) is 15.9 Å². The highest BCUT2D eigenvalue weighted by Crippen LogP contribution is 2.17. The molecule has 0 bridgehead atoms. The van der Waals surface area contributed by atoms with Gasteiger partial charge in [0, 0.05) is 49.5 Å². The summed E-state index contributed by atoms with van der Waals surface area (Å²) < 4.78 is 1.27. The summed E-state index contributed by atoms with van der Waals surface area (Å²) >= 11 is 0.